The normalized spacial score (nSPS) is 12.1. The molecule has 1 amide bonds. The molecule has 0 unspecified atom stereocenters. The van der Waals surface area contributed by atoms with Gasteiger partial charge in [0.05, 0.1) is 12.1 Å². The lowest BCUT2D eigenvalue weighted by Crippen LogP contribution is -2.33. The van der Waals surface area contributed by atoms with Crippen molar-refractivity contribution in [1.29, 1.82) is 0 Å². The summed E-state index contributed by atoms with van der Waals surface area (Å²) in [5.41, 5.74) is -1.84. The number of hydrogen-bond acceptors (Lipinski definition) is 6. The van der Waals surface area contributed by atoms with Gasteiger partial charge in [0, 0.05) is 44.4 Å². The number of rotatable bonds is 5. The SMILES string of the molecule is CN(Cc1cn(S(=O)(=O)c2nccn2C)c(-c2cccnc2F)c1F)C(=O)OC(C)(C)C. The van der Waals surface area contributed by atoms with Crippen LogP contribution in [0.15, 0.2) is 42.1 Å². The van der Waals surface area contributed by atoms with Crippen LogP contribution in [0.1, 0.15) is 26.3 Å². The Morgan fingerprint density at radius 2 is 1.91 bits per heavy atom. The molecule has 12 heteroatoms. The van der Waals surface area contributed by atoms with E-state index in [1.54, 1.807) is 20.8 Å². The molecule has 0 spiro atoms. The van der Waals surface area contributed by atoms with Crippen LogP contribution in [0.5, 0.6) is 0 Å². The van der Waals surface area contributed by atoms with Gasteiger partial charge in [-0.2, -0.15) is 12.8 Å². The fraction of sp³-hybridized carbons (Fsp3) is 0.350. The molecule has 0 aliphatic rings. The number of carbonyl (C=O) groups excluding carboxylic acids is 1. The molecular formula is C20H23F2N5O4S. The van der Waals surface area contributed by atoms with Crippen molar-refractivity contribution in [2.24, 2.45) is 7.05 Å². The first kappa shape index (κ1) is 23.4. The van der Waals surface area contributed by atoms with Crippen molar-refractivity contribution in [3.8, 4) is 11.3 Å². The molecule has 0 saturated heterocycles. The molecule has 3 aromatic heterocycles. The van der Waals surface area contributed by atoms with Gasteiger partial charge in [0.2, 0.25) is 11.1 Å². The van der Waals surface area contributed by atoms with Gasteiger partial charge >= 0.3 is 16.1 Å². The lowest BCUT2D eigenvalue weighted by atomic mass is 10.1. The van der Waals surface area contributed by atoms with E-state index in [9.17, 15) is 17.6 Å². The molecule has 0 aliphatic carbocycles. The van der Waals surface area contributed by atoms with Crippen molar-refractivity contribution in [1.82, 2.24) is 23.4 Å². The Hall–Kier alpha value is -3.28. The van der Waals surface area contributed by atoms with Gasteiger partial charge in [-0.1, -0.05) is 0 Å². The molecule has 3 aromatic rings. The Labute approximate surface area is 184 Å². The smallest absolute Gasteiger partial charge is 0.410 e. The third-order valence-corrected chi connectivity index (χ3v) is 6.04. The van der Waals surface area contributed by atoms with Crippen LogP contribution >= 0.6 is 0 Å². The predicted molar refractivity (Wildman–Crippen MR) is 111 cm³/mol. The number of hydrogen-bond donors (Lipinski definition) is 0. The van der Waals surface area contributed by atoms with Crippen LogP contribution in [0, 0.1) is 11.8 Å². The van der Waals surface area contributed by atoms with Gasteiger partial charge < -0.3 is 14.2 Å². The highest BCUT2D eigenvalue weighted by molar-refractivity contribution is 7.89. The van der Waals surface area contributed by atoms with Gasteiger partial charge in [0.25, 0.3) is 0 Å². The van der Waals surface area contributed by atoms with E-state index in [2.05, 4.69) is 9.97 Å². The summed E-state index contributed by atoms with van der Waals surface area (Å²) in [7, 11) is -1.57. The van der Waals surface area contributed by atoms with Gasteiger partial charge in [-0.3, -0.25) is 0 Å². The molecule has 0 atom stereocenters. The molecule has 0 radical (unpaired) electrons. The summed E-state index contributed by atoms with van der Waals surface area (Å²) < 4.78 is 63.6. The molecule has 3 rings (SSSR count). The first-order chi connectivity index (χ1) is 14.8. The van der Waals surface area contributed by atoms with Crippen LogP contribution in [-0.2, 0) is 28.4 Å². The van der Waals surface area contributed by atoms with Crippen LogP contribution in [-0.4, -0.2) is 50.6 Å². The number of imidazole rings is 1. The second-order valence-electron chi connectivity index (χ2n) is 8.12. The van der Waals surface area contributed by atoms with Crippen molar-refractivity contribution in [3.05, 3.63) is 54.2 Å². The average molecular weight is 467 g/mol. The fourth-order valence-electron chi connectivity index (χ4n) is 2.96. The number of aryl methyl sites for hydroxylation is 1. The topological polar surface area (TPSA) is 99.3 Å². The standard InChI is InChI=1S/C20H23F2N5O4S/c1-20(2,3)31-19(28)26(5)11-13-12-27(32(29,30)18-24-9-10-25(18)4)16(15(13)21)14-7-6-8-23-17(14)22/h6-10,12H,11H2,1-5H3. The molecule has 172 valence electrons. The lowest BCUT2D eigenvalue weighted by Gasteiger charge is -2.24. The Balaban J connectivity index is 2.14. The minimum Gasteiger partial charge on any atom is -0.444 e. The van der Waals surface area contributed by atoms with Crippen molar-refractivity contribution >= 4 is 16.1 Å². The minimum absolute atomic E-state index is 0.158. The largest absolute Gasteiger partial charge is 0.444 e. The van der Waals surface area contributed by atoms with E-state index in [-0.39, 0.29) is 22.8 Å². The van der Waals surface area contributed by atoms with Crippen molar-refractivity contribution in [2.45, 2.75) is 38.1 Å². The van der Waals surface area contributed by atoms with Gasteiger partial charge in [0.1, 0.15) is 11.3 Å². The second-order valence-corrected chi connectivity index (χ2v) is 9.83. The molecule has 32 heavy (non-hydrogen) atoms. The Morgan fingerprint density at radius 3 is 2.47 bits per heavy atom. The third-order valence-electron chi connectivity index (χ3n) is 4.38. The summed E-state index contributed by atoms with van der Waals surface area (Å²) in [5, 5.41) is -0.370. The molecular weight excluding hydrogens is 444 g/mol. The maximum absolute atomic E-state index is 15.5. The van der Waals surface area contributed by atoms with Gasteiger partial charge in [-0.25, -0.2) is 23.1 Å². The molecule has 9 nitrogen and oxygen atoms in total. The number of carbonyl (C=O) groups is 1. The maximum Gasteiger partial charge on any atom is 0.410 e. The van der Waals surface area contributed by atoms with Crippen molar-refractivity contribution < 1.29 is 26.7 Å². The maximum atomic E-state index is 15.5. The fourth-order valence-corrected chi connectivity index (χ4v) is 4.44. The number of pyridine rings is 1. The molecule has 3 heterocycles. The van der Waals surface area contributed by atoms with E-state index in [1.165, 1.54) is 43.2 Å². The van der Waals surface area contributed by atoms with Gasteiger partial charge in [-0.05, 0) is 32.9 Å². The first-order valence-electron chi connectivity index (χ1n) is 9.50. The molecule has 0 aliphatic heterocycles. The summed E-state index contributed by atoms with van der Waals surface area (Å²) >= 11 is 0. The lowest BCUT2D eigenvalue weighted by molar-refractivity contribution is 0.0284. The minimum atomic E-state index is -4.41. The highest BCUT2D eigenvalue weighted by Gasteiger charge is 2.31. The Bertz CT molecular complexity index is 1260. The molecule has 0 fully saturated rings. The summed E-state index contributed by atoms with van der Waals surface area (Å²) in [5.74, 6) is -2.06. The zero-order valence-electron chi connectivity index (χ0n) is 18.2. The summed E-state index contributed by atoms with van der Waals surface area (Å²) in [4.78, 5) is 20.7. The Kier molecular flexibility index (Phi) is 6.09. The van der Waals surface area contributed by atoms with E-state index in [1.807, 2.05) is 0 Å². The third kappa shape index (κ3) is 4.49. The summed E-state index contributed by atoms with van der Waals surface area (Å²) in [6.45, 7) is 4.72. The summed E-state index contributed by atoms with van der Waals surface area (Å²) in [6, 6.07) is 2.57. The molecule has 0 aromatic carbocycles. The second kappa shape index (κ2) is 8.34. The van der Waals surface area contributed by atoms with E-state index < -0.39 is 39.2 Å². The van der Waals surface area contributed by atoms with Crippen LogP contribution in [0.4, 0.5) is 13.6 Å². The van der Waals surface area contributed by atoms with Crippen LogP contribution in [0.2, 0.25) is 0 Å². The molecule has 0 bridgehead atoms. The molecule has 0 saturated carbocycles. The number of nitrogens with zero attached hydrogens (tertiary/aromatic N) is 5. The van der Waals surface area contributed by atoms with Crippen LogP contribution in [0.25, 0.3) is 11.3 Å². The number of aromatic nitrogens is 4. The van der Waals surface area contributed by atoms with E-state index in [0.29, 0.717) is 3.97 Å². The monoisotopic (exact) mass is 467 g/mol. The van der Waals surface area contributed by atoms with Crippen LogP contribution < -0.4 is 0 Å². The predicted octanol–water partition coefficient (Wildman–Crippen LogP) is 3.17. The number of ether oxygens (including phenoxy) is 1. The quantitative estimate of drug-likeness (QED) is 0.535. The van der Waals surface area contributed by atoms with E-state index in [0.717, 1.165) is 17.3 Å². The van der Waals surface area contributed by atoms with E-state index >= 15 is 4.39 Å². The van der Waals surface area contributed by atoms with Crippen LogP contribution in [0.3, 0.4) is 0 Å². The van der Waals surface area contributed by atoms with Gasteiger partial charge in [0.15, 0.2) is 5.82 Å². The van der Waals surface area contributed by atoms with Crippen molar-refractivity contribution in [3.63, 3.8) is 0 Å². The van der Waals surface area contributed by atoms with E-state index in [4.69, 9.17) is 4.74 Å². The average Bonchev–Trinajstić information content (AvgIpc) is 3.25. The highest BCUT2D eigenvalue weighted by atomic mass is 32.2. The Morgan fingerprint density at radius 1 is 1.22 bits per heavy atom. The number of halogens is 2. The zero-order chi connectivity index (χ0) is 23.8. The first-order valence-corrected chi connectivity index (χ1v) is 10.9. The highest BCUT2D eigenvalue weighted by Crippen LogP contribution is 2.32. The zero-order valence-corrected chi connectivity index (χ0v) is 19.0. The molecule has 0 N–H and O–H groups in total. The number of amides is 1. The summed E-state index contributed by atoms with van der Waals surface area (Å²) in [6.07, 6.45) is 4.12. The van der Waals surface area contributed by atoms with Crippen molar-refractivity contribution in [2.75, 3.05) is 7.05 Å². The van der Waals surface area contributed by atoms with Gasteiger partial charge in [-0.15, -0.1) is 0 Å².